The van der Waals surface area contributed by atoms with Crippen molar-refractivity contribution in [1.82, 2.24) is 10.2 Å². The molecule has 4 rings (SSSR count). The molecule has 0 unspecified atom stereocenters. The van der Waals surface area contributed by atoms with Gasteiger partial charge in [-0.25, -0.2) is 12.8 Å². The fraction of sp³-hybridized carbons (Fsp3) is 0.321. The Morgan fingerprint density at radius 1 is 0.917 bits per heavy atom. The average Bonchev–Trinajstić information content (AvgIpc) is 2.87. The van der Waals surface area contributed by atoms with E-state index in [0.717, 1.165) is 35.8 Å². The van der Waals surface area contributed by atoms with Gasteiger partial charge in [-0.3, -0.25) is 14.0 Å². The summed E-state index contributed by atoms with van der Waals surface area (Å²) in [5.74, 6) is -0.817. The zero-order chi connectivity index (χ0) is 25.5. The van der Waals surface area contributed by atoms with E-state index in [0.29, 0.717) is 17.7 Å². The molecule has 0 aliphatic carbocycles. The maximum atomic E-state index is 14.3. The van der Waals surface area contributed by atoms with E-state index in [1.54, 1.807) is 30.3 Å². The second-order valence-electron chi connectivity index (χ2n) is 9.21. The number of hydrogen-bond acceptors (Lipinski definition) is 4. The largest absolute Gasteiger partial charge is 0.348 e. The first-order valence-corrected chi connectivity index (χ1v) is 14.0. The summed E-state index contributed by atoms with van der Waals surface area (Å²) in [5, 5.41) is 3.00. The lowest BCUT2D eigenvalue weighted by molar-refractivity contribution is 0.0950. The Kier molecular flexibility index (Phi) is 8.38. The monoisotopic (exact) mass is 509 g/mol. The quantitative estimate of drug-likeness (QED) is 0.454. The molecule has 190 valence electrons. The van der Waals surface area contributed by atoms with E-state index < -0.39 is 15.8 Å². The maximum absolute atomic E-state index is 14.3. The van der Waals surface area contributed by atoms with E-state index in [1.165, 1.54) is 43.0 Å². The van der Waals surface area contributed by atoms with Crippen molar-refractivity contribution in [3.63, 3.8) is 0 Å². The molecule has 0 saturated carbocycles. The zero-order valence-electron chi connectivity index (χ0n) is 20.5. The molecule has 1 aliphatic heterocycles. The molecule has 6 nitrogen and oxygen atoms in total. The predicted octanol–water partition coefficient (Wildman–Crippen LogP) is 4.71. The molecule has 36 heavy (non-hydrogen) atoms. The zero-order valence-corrected chi connectivity index (χ0v) is 21.3. The highest BCUT2D eigenvalue weighted by Crippen LogP contribution is 2.24. The second-order valence-corrected chi connectivity index (χ2v) is 11.1. The van der Waals surface area contributed by atoms with E-state index in [1.807, 2.05) is 18.2 Å². The number of carbonyl (C=O) groups excluding carboxylic acids is 1. The van der Waals surface area contributed by atoms with Gasteiger partial charge in [-0.15, -0.1) is 0 Å². The van der Waals surface area contributed by atoms with Gasteiger partial charge in [0.1, 0.15) is 5.82 Å². The Labute approximate surface area is 212 Å². The Balaban J connectivity index is 1.40. The molecule has 1 aliphatic rings. The maximum Gasteiger partial charge on any atom is 0.251 e. The normalized spacial score (nSPS) is 14.4. The number of likely N-dealkylation sites (tertiary alicyclic amines) is 1. The van der Waals surface area contributed by atoms with Gasteiger partial charge in [-0.05, 0) is 66.9 Å². The number of para-hydroxylation sites is 1. The Bertz CT molecular complexity index is 1290. The standard InChI is InChI=1S/C28H32FN3O3S/c1-36(34,35)32(27-12-6-5-11-26(27)29)20-22-13-15-23(16-14-22)28(33)30-19-24-9-3-4-10-25(24)21-31-17-7-2-8-18-31/h3-6,9-16H,2,7-8,17-21H2,1H3,(H,30,33). The van der Waals surface area contributed by atoms with Crippen molar-refractivity contribution in [2.45, 2.75) is 38.9 Å². The first-order valence-electron chi connectivity index (χ1n) is 12.2. The molecule has 0 spiro atoms. The van der Waals surface area contributed by atoms with Gasteiger partial charge in [0.25, 0.3) is 5.91 Å². The average molecular weight is 510 g/mol. The number of nitrogens with zero attached hydrogens (tertiary/aromatic N) is 2. The van der Waals surface area contributed by atoms with Gasteiger partial charge in [0.15, 0.2) is 0 Å². The summed E-state index contributed by atoms with van der Waals surface area (Å²) in [6, 6.07) is 20.7. The van der Waals surface area contributed by atoms with Crippen molar-refractivity contribution in [2.75, 3.05) is 23.7 Å². The SMILES string of the molecule is CS(=O)(=O)N(Cc1ccc(C(=O)NCc2ccccc2CN2CCCCC2)cc1)c1ccccc1F. The van der Waals surface area contributed by atoms with Crippen LogP contribution in [0.4, 0.5) is 10.1 Å². The van der Waals surface area contributed by atoms with Crippen molar-refractivity contribution in [2.24, 2.45) is 0 Å². The molecule has 0 bridgehead atoms. The van der Waals surface area contributed by atoms with Crippen LogP contribution in [-0.4, -0.2) is 38.6 Å². The number of halogens is 1. The number of carbonyl (C=O) groups is 1. The number of piperidine rings is 1. The third-order valence-corrected chi connectivity index (χ3v) is 7.59. The lowest BCUT2D eigenvalue weighted by atomic mass is 10.0. The first-order chi connectivity index (χ1) is 17.3. The number of rotatable bonds is 9. The van der Waals surface area contributed by atoms with Gasteiger partial charge in [0.05, 0.1) is 18.5 Å². The molecule has 1 amide bonds. The predicted molar refractivity (Wildman–Crippen MR) is 141 cm³/mol. The minimum atomic E-state index is -3.71. The van der Waals surface area contributed by atoms with Crippen LogP contribution >= 0.6 is 0 Å². The summed E-state index contributed by atoms with van der Waals surface area (Å²) < 4.78 is 39.9. The van der Waals surface area contributed by atoms with Crippen molar-refractivity contribution < 1.29 is 17.6 Å². The summed E-state index contributed by atoms with van der Waals surface area (Å²) >= 11 is 0. The van der Waals surface area contributed by atoms with Gasteiger partial charge >= 0.3 is 0 Å². The Morgan fingerprint density at radius 3 is 2.22 bits per heavy atom. The number of anilines is 1. The van der Waals surface area contributed by atoms with Crippen LogP contribution in [0.1, 0.15) is 46.3 Å². The minimum Gasteiger partial charge on any atom is -0.348 e. The number of nitrogens with one attached hydrogen (secondary N) is 1. The third kappa shape index (κ3) is 6.71. The number of benzene rings is 3. The highest BCUT2D eigenvalue weighted by Gasteiger charge is 2.21. The van der Waals surface area contributed by atoms with Crippen molar-refractivity contribution >= 4 is 21.6 Å². The number of amides is 1. The summed E-state index contributed by atoms with van der Waals surface area (Å²) in [6.07, 6.45) is 4.81. The van der Waals surface area contributed by atoms with Crippen LogP contribution in [0.25, 0.3) is 0 Å². The summed E-state index contributed by atoms with van der Waals surface area (Å²) in [7, 11) is -3.71. The smallest absolute Gasteiger partial charge is 0.251 e. The number of sulfonamides is 1. The summed E-state index contributed by atoms with van der Waals surface area (Å²) in [5.41, 5.74) is 3.44. The molecule has 1 N–H and O–H groups in total. The topological polar surface area (TPSA) is 69.7 Å². The molecule has 3 aromatic carbocycles. The molecule has 1 heterocycles. The fourth-order valence-electron chi connectivity index (χ4n) is 4.48. The molecule has 3 aromatic rings. The van der Waals surface area contributed by atoms with E-state index in [9.17, 15) is 17.6 Å². The molecular weight excluding hydrogens is 477 g/mol. The third-order valence-electron chi connectivity index (χ3n) is 6.46. The lowest BCUT2D eigenvalue weighted by Crippen LogP contribution is -2.30. The second kappa shape index (κ2) is 11.7. The molecular formula is C28H32FN3O3S. The van der Waals surface area contributed by atoms with E-state index in [2.05, 4.69) is 16.3 Å². The van der Waals surface area contributed by atoms with E-state index in [-0.39, 0.29) is 18.1 Å². The highest BCUT2D eigenvalue weighted by molar-refractivity contribution is 7.92. The van der Waals surface area contributed by atoms with E-state index >= 15 is 0 Å². The fourth-order valence-corrected chi connectivity index (χ4v) is 5.37. The minimum absolute atomic E-state index is 0.00922. The molecule has 1 saturated heterocycles. The molecule has 0 radical (unpaired) electrons. The first kappa shape index (κ1) is 25.9. The van der Waals surface area contributed by atoms with Gasteiger partial charge < -0.3 is 5.32 Å². The van der Waals surface area contributed by atoms with Crippen LogP contribution in [0.2, 0.25) is 0 Å². The van der Waals surface area contributed by atoms with Crippen LogP contribution in [0.15, 0.2) is 72.8 Å². The van der Waals surface area contributed by atoms with Gasteiger partial charge in [-0.1, -0.05) is 55.0 Å². The Hall–Kier alpha value is -3.23. The highest BCUT2D eigenvalue weighted by atomic mass is 32.2. The molecule has 1 fully saturated rings. The van der Waals surface area contributed by atoms with Gasteiger partial charge in [-0.2, -0.15) is 0 Å². The van der Waals surface area contributed by atoms with Crippen LogP contribution in [0.5, 0.6) is 0 Å². The van der Waals surface area contributed by atoms with Crippen LogP contribution in [0.3, 0.4) is 0 Å². The molecule has 8 heteroatoms. The van der Waals surface area contributed by atoms with Crippen LogP contribution in [0, 0.1) is 5.82 Å². The van der Waals surface area contributed by atoms with E-state index in [4.69, 9.17) is 0 Å². The lowest BCUT2D eigenvalue weighted by Gasteiger charge is -2.27. The van der Waals surface area contributed by atoms with Crippen LogP contribution in [-0.2, 0) is 29.7 Å². The Morgan fingerprint density at radius 2 is 1.56 bits per heavy atom. The van der Waals surface area contributed by atoms with Gasteiger partial charge in [0, 0.05) is 18.7 Å². The molecule has 0 atom stereocenters. The van der Waals surface area contributed by atoms with Crippen molar-refractivity contribution in [3.05, 3.63) is 101 Å². The summed E-state index contributed by atoms with van der Waals surface area (Å²) in [4.78, 5) is 15.3. The van der Waals surface area contributed by atoms with Gasteiger partial charge in [0.2, 0.25) is 10.0 Å². The van der Waals surface area contributed by atoms with Crippen molar-refractivity contribution in [3.8, 4) is 0 Å². The van der Waals surface area contributed by atoms with Crippen LogP contribution < -0.4 is 9.62 Å². The number of hydrogen-bond donors (Lipinski definition) is 1. The van der Waals surface area contributed by atoms with Crippen molar-refractivity contribution in [1.29, 1.82) is 0 Å². The summed E-state index contributed by atoms with van der Waals surface area (Å²) in [6.45, 7) is 3.51. The molecule has 0 aromatic heterocycles.